The molecule has 2 aromatic rings. The van der Waals surface area contributed by atoms with Crippen LogP contribution in [0.4, 0.5) is 4.39 Å². The van der Waals surface area contributed by atoms with E-state index in [9.17, 15) is 12.8 Å². The zero-order valence-electron chi connectivity index (χ0n) is 16.2. The summed E-state index contributed by atoms with van der Waals surface area (Å²) in [5, 5.41) is 3.40. The van der Waals surface area contributed by atoms with Crippen LogP contribution in [0.1, 0.15) is 18.4 Å². The van der Waals surface area contributed by atoms with Crippen LogP contribution in [0.25, 0.3) is 0 Å². The lowest BCUT2D eigenvalue weighted by Gasteiger charge is -2.19. The highest BCUT2D eigenvalue weighted by Crippen LogP contribution is 2.35. The molecule has 1 aromatic carbocycles. The molecule has 0 saturated carbocycles. The molecule has 2 heterocycles. The Hall–Kier alpha value is -1.81. The third kappa shape index (κ3) is 4.78. The van der Waals surface area contributed by atoms with Gasteiger partial charge in [-0.05, 0) is 37.1 Å². The van der Waals surface area contributed by atoms with Crippen LogP contribution in [0.3, 0.4) is 0 Å². The SMILES string of the molecule is CCOCCNCC1CN(S(=O)(=O)c2cn(C)cn2)CC1c1ccc(F)cc1. The predicted molar refractivity (Wildman–Crippen MR) is 104 cm³/mol. The minimum atomic E-state index is -3.66. The average molecular weight is 411 g/mol. The number of imidazole rings is 1. The number of aromatic nitrogens is 2. The van der Waals surface area contributed by atoms with Crippen molar-refractivity contribution in [1.82, 2.24) is 19.2 Å². The van der Waals surface area contributed by atoms with E-state index in [2.05, 4.69) is 10.3 Å². The fourth-order valence-corrected chi connectivity index (χ4v) is 5.04. The third-order valence-electron chi connectivity index (χ3n) is 5.02. The Morgan fingerprint density at radius 2 is 2.04 bits per heavy atom. The van der Waals surface area contributed by atoms with Gasteiger partial charge in [-0.1, -0.05) is 12.1 Å². The molecule has 1 N–H and O–H groups in total. The van der Waals surface area contributed by atoms with Crippen LogP contribution in [-0.2, 0) is 21.8 Å². The second-order valence-electron chi connectivity index (χ2n) is 7.02. The van der Waals surface area contributed by atoms with Gasteiger partial charge in [0, 0.05) is 45.4 Å². The first-order valence-electron chi connectivity index (χ1n) is 9.44. The number of hydrogen-bond donors (Lipinski definition) is 1. The largest absolute Gasteiger partial charge is 0.380 e. The first-order valence-corrected chi connectivity index (χ1v) is 10.9. The summed E-state index contributed by atoms with van der Waals surface area (Å²) < 4.78 is 47.8. The Kier molecular flexibility index (Phi) is 6.82. The molecule has 0 aliphatic carbocycles. The number of rotatable bonds is 9. The van der Waals surface area contributed by atoms with E-state index in [-0.39, 0.29) is 22.7 Å². The Balaban J connectivity index is 1.76. The lowest BCUT2D eigenvalue weighted by molar-refractivity contribution is 0.148. The lowest BCUT2D eigenvalue weighted by atomic mass is 9.89. The minimum absolute atomic E-state index is 0.0151. The number of halogens is 1. The zero-order chi connectivity index (χ0) is 20.1. The van der Waals surface area contributed by atoms with Crippen molar-refractivity contribution in [3.8, 4) is 0 Å². The maximum atomic E-state index is 13.3. The van der Waals surface area contributed by atoms with Gasteiger partial charge in [0.15, 0.2) is 5.03 Å². The molecule has 154 valence electrons. The molecule has 0 bridgehead atoms. The van der Waals surface area contributed by atoms with Gasteiger partial charge in [-0.25, -0.2) is 17.8 Å². The highest BCUT2D eigenvalue weighted by atomic mass is 32.2. The molecule has 1 saturated heterocycles. The zero-order valence-corrected chi connectivity index (χ0v) is 17.0. The molecule has 28 heavy (non-hydrogen) atoms. The Morgan fingerprint density at radius 1 is 1.29 bits per heavy atom. The Bertz CT molecular complexity index is 870. The van der Waals surface area contributed by atoms with E-state index in [1.54, 1.807) is 23.7 Å². The fourth-order valence-electron chi connectivity index (χ4n) is 3.55. The van der Waals surface area contributed by atoms with Crippen molar-refractivity contribution in [1.29, 1.82) is 0 Å². The molecular formula is C19H27FN4O3S. The molecule has 1 aromatic heterocycles. The quantitative estimate of drug-likeness (QED) is 0.636. The molecule has 2 atom stereocenters. The van der Waals surface area contributed by atoms with E-state index in [1.807, 2.05) is 6.92 Å². The first-order chi connectivity index (χ1) is 13.4. The number of ether oxygens (including phenoxy) is 1. The van der Waals surface area contributed by atoms with Crippen molar-refractivity contribution >= 4 is 10.0 Å². The highest BCUT2D eigenvalue weighted by molar-refractivity contribution is 7.89. The summed E-state index contributed by atoms with van der Waals surface area (Å²) in [6.45, 7) is 5.32. The Labute approximate surface area is 165 Å². The molecule has 3 rings (SSSR count). The van der Waals surface area contributed by atoms with Gasteiger partial charge in [0.05, 0.1) is 12.9 Å². The van der Waals surface area contributed by atoms with Crippen LogP contribution >= 0.6 is 0 Å². The van der Waals surface area contributed by atoms with E-state index < -0.39 is 10.0 Å². The van der Waals surface area contributed by atoms with Crippen molar-refractivity contribution in [3.05, 3.63) is 48.2 Å². The van der Waals surface area contributed by atoms with Crippen molar-refractivity contribution in [3.63, 3.8) is 0 Å². The molecule has 9 heteroatoms. The smallest absolute Gasteiger partial charge is 0.262 e. The molecule has 0 amide bonds. The summed E-state index contributed by atoms with van der Waals surface area (Å²) in [6.07, 6.45) is 2.99. The molecule has 1 aliphatic heterocycles. The van der Waals surface area contributed by atoms with Gasteiger partial charge in [0.1, 0.15) is 5.82 Å². The summed E-state index contributed by atoms with van der Waals surface area (Å²) in [4.78, 5) is 4.01. The van der Waals surface area contributed by atoms with Gasteiger partial charge >= 0.3 is 0 Å². The number of nitrogens with one attached hydrogen (secondary N) is 1. The molecule has 0 spiro atoms. The number of aryl methyl sites for hydroxylation is 1. The summed E-state index contributed by atoms with van der Waals surface area (Å²) in [5.41, 5.74) is 0.941. The van der Waals surface area contributed by atoms with Crippen LogP contribution in [0, 0.1) is 11.7 Å². The summed E-state index contributed by atoms with van der Waals surface area (Å²) in [7, 11) is -1.93. The average Bonchev–Trinajstić information content (AvgIpc) is 3.30. The number of benzene rings is 1. The maximum Gasteiger partial charge on any atom is 0.262 e. The Morgan fingerprint density at radius 3 is 2.68 bits per heavy atom. The van der Waals surface area contributed by atoms with E-state index in [0.717, 1.165) is 5.56 Å². The second kappa shape index (κ2) is 9.13. The normalized spacial score (nSPS) is 20.7. The van der Waals surface area contributed by atoms with E-state index in [1.165, 1.54) is 29.0 Å². The van der Waals surface area contributed by atoms with Gasteiger partial charge in [0.2, 0.25) is 0 Å². The summed E-state index contributed by atoms with van der Waals surface area (Å²) >= 11 is 0. The number of hydrogen-bond acceptors (Lipinski definition) is 5. The maximum absolute atomic E-state index is 13.3. The second-order valence-corrected chi connectivity index (χ2v) is 8.90. The van der Waals surface area contributed by atoms with Crippen molar-refractivity contribution in [2.75, 3.05) is 39.4 Å². The van der Waals surface area contributed by atoms with Gasteiger partial charge in [-0.2, -0.15) is 4.31 Å². The molecule has 0 radical (unpaired) electrons. The van der Waals surface area contributed by atoms with Crippen LogP contribution < -0.4 is 5.32 Å². The lowest BCUT2D eigenvalue weighted by Crippen LogP contribution is -2.32. The fraction of sp³-hybridized carbons (Fsp3) is 0.526. The molecular weight excluding hydrogens is 383 g/mol. The topological polar surface area (TPSA) is 76.5 Å². The molecule has 1 aliphatic rings. The van der Waals surface area contributed by atoms with Crippen LogP contribution in [0.15, 0.2) is 41.8 Å². The summed E-state index contributed by atoms with van der Waals surface area (Å²) in [6, 6.07) is 6.32. The number of nitrogens with zero attached hydrogens (tertiary/aromatic N) is 3. The van der Waals surface area contributed by atoms with Gasteiger partial charge < -0.3 is 14.6 Å². The van der Waals surface area contributed by atoms with Crippen LogP contribution in [0.5, 0.6) is 0 Å². The van der Waals surface area contributed by atoms with Gasteiger partial charge in [0.25, 0.3) is 10.0 Å². The standard InChI is InChI=1S/C19H27FN4O3S/c1-3-27-9-8-21-10-16-11-24(28(25,26)19-13-23(2)14-22-19)12-18(16)15-4-6-17(20)7-5-15/h4-7,13-14,16,18,21H,3,8-12H2,1-2H3. The molecule has 1 fully saturated rings. The summed E-state index contributed by atoms with van der Waals surface area (Å²) in [5.74, 6) is -0.240. The van der Waals surface area contributed by atoms with E-state index in [0.29, 0.717) is 39.4 Å². The third-order valence-corrected chi connectivity index (χ3v) is 6.74. The predicted octanol–water partition coefficient (Wildman–Crippen LogP) is 1.59. The molecule has 7 nitrogen and oxygen atoms in total. The molecule has 2 unspecified atom stereocenters. The first kappa shape index (κ1) is 20.9. The van der Waals surface area contributed by atoms with Gasteiger partial charge in [-0.15, -0.1) is 0 Å². The van der Waals surface area contributed by atoms with Crippen molar-refractivity contribution < 1.29 is 17.5 Å². The monoisotopic (exact) mass is 410 g/mol. The van der Waals surface area contributed by atoms with Crippen LogP contribution in [0.2, 0.25) is 0 Å². The van der Waals surface area contributed by atoms with E-state index >= 15 is 0 Å². The van der Waals surface area contributed by atoms with Gasteiger partial charge in [-0.3, -0.25) is 0 Å². The number of sulfonamides is 1. The van der Waals surface area contributed by atoms with Crippen LogP contribution in [-0.4, -0.2) is 61.7 Å². The highest BCUT2D eigenvalue weighted by Gasteiger charge is 2.40. The van der Waals surface area contributed by atoms with Crippen molar-refractivity contribution in [2.24, 2.45) is 13.0 Å². The van der Waals surface area contributed by atoms with Crippen molar-refractivity contribution in [2.45, 2.75) is 17.9 Å². The minimum Gasteiger partial charge on any atom is -0.380 e. The van der Waals surface area contributed by atoms with E-state index in [4.69, 9.17) is 4.74 Å².